The van der Waals surface area contributed by atoms with E-state index in [0.717, 1.165) is 31.2 Å². The largest absolute Gasteiger partial charge is 0.377 e. The van der Waals surface area contributed by atoms with E-state index in [2.05, 4.69) is 42.7 Å². The lowest BCUT2D eigenvalue weighted by Gasteiger charge is -2.27. The Balaban J connectivity index is 1.34. The second-order valence-corrected chi connectivity index (χ2v) is 12.7. The molecule has 4 heterocycles. The third kappa shape index (κ3) is 5.92. The van der Waals surface area contributed by atoms with E-state index in [4.69, 9.17) is 4.74 Å². The van der Waals surface area contributed by atoms with Gasteiger partial charge < -0.3 is 20.3 Å². The normalized spacial score (nSPS) is 24.9. The number of halogens is 1. The monoisotopic (exact) mass is 662 g/mol. The van der Waals surface area contributed by atoms with Crippen molar-refractivity contribution in [3.63, 3.8) is 0 Å². The number of pyridine rings is 1. The number of anilines is 1. The van der Waals surface area contributed by atoms with Gasteiger partial charge in [0.1, 0.15) is 28.7 Å². The number of benzene rings is 1. The van der Waals surface area contributed by atoms with E-state index in [0.29, 0.717) is 53.1 Å². The van der Waals surface area contributed by atoms with Crippen LogP contribution in [-0.2, 0) is 20.9 Å². The van der Waals surface area contributed by atoms with Crippen LogP contribution in [0.5, 0.6) is 0 Å². The van der Waals surface area contributed by atoms with Gasteiger partial charge in [-0.05, 0) is 84.8 Å². The van der Waals surface area contributed by atoms with Crippen LogP contribution in [0.3, 0.4) is 0 Å². The third-order valence-electron chi connectivity index (χ3n) is 8.80. The Bertz CT molecular complexity index is 1680. The molecule has 0 spiro atoms. The van der Waals surface area contributed by atoms with Crippen LogP contribution in [-0.4, -0.2) is 75.0 Å². The molecule has 1 saturated carbocycles. The van der Waals surface area contributed by atoms with Gasteiger partial charge in [-0.15, -0.1) is 0 Å². The van der Waals surface area contributed by atoms with Crippen molar-refractivity contribution in [1.29, 1.82) is 0 Å². The number of fused-ring (bicyclic) bond motifs is 1. The number of aromatic nitrogens is 3. The number of carbonyl (C=O) groups excluding carboxylic acids is 4. The van der Waals surface area contributed by atoms with Gasteiger partial charge in [-0.25, -0.2) is 4.98 Å². The predicted molar refractivity (Wildman–Crippen MR) is 167 cm³/mol. The van der Waals surface area contributed by atoms with Crippen molar-refractivity contribution in [2.45, 2.75) is 64.6 Å². The average Bonchev–Trinajstić information content (AvgIpc) is 3.41. The number of nitrogens with zero attached hydrogens (tertiary/aromatic N) is 4. The highest BCUT2D eigenvalue weighted by molar-refractivity contribution is 9.10. The molecule has 2 aromatic heterocycles. The van der Waals surface area contributed by atoms with E-state index in [1.54, 1.807) is 29.2 Å². The molecule has 1 aliphatic carbocycles. The first-order valence-electron chi connectivity index (χ1n) is 14.9. The average molecular weight is 664 g/mol. The summed E-state index contributed by atoms with van der Waals surface area (Å²) in [6.07, 6.45) is 7.92. The maximum Gasteiger partial charge on any atom is 0.251 e. The van der Waals surface area contributed by atoms with Crippen molar-refractivity contribution in [2.75, 3.05) is 25.1 Å². The quantitative estimate of drug-likeness (QED) is 0.244. The molecule has 3 atom stereocenters. The van der Waals surface area contributed by atoms with Crippen LogP contribution >= 0.6 is 15.9 Å². The standard InChI is InChI=1S/C32H35BrN6O5/c1-19-8-11-26(33)35-29(19)36-31(43)24-15-32-16-25(32)39(24)27(41)17-38-23-14-21(9-10-22(23)28(37-38)20(2)40)30(42)34-12-6-4-3-5-7-13-44-18-32/h5,7-11,14,24-25H,3-4,6,12-13,15-18H2,1-2H3,(H,34,42)(H,35,36,43)/b7-5+/t24-,25+,32-/m0/s1. The van der Waals surface area contributed by atoms with E-state index in [9.17, 15) is 19.2 Å². The Morgan fingerprint density at radius 2 is 1.98 bits per heavy atom. The minimum absolute atomic E-state index is 0.160. The van der Waals surface area contributed by atoms with Crippen LogP contribution in [0.25, 0.3) is 10.9 Å². The van der Waals surface area contributed by atoms with Crippen LogP contribution in [0, 0.1) is 12.3 Å². The van der Waals surface area contributed by atoms with E-state index < -0.39 is 6.04 Å². The fraction of sp³-hybridized carbons (Fsp3) is 0.438. The summed E-state index contributed by atoms with van der Waals surface area (Å²) < 4.78 is 8.11. The minimum atomic E-state index is -0.731. The van der Waals surface area contributed by atoms with Crippen molar-refractivity contribution < 1.29 is 23.9 Å². The van der Waals surface area contributed by atoms with E-state index in [1.807, 2.05) is 19.1 Å². The molecular weight excluding hydrogens is 628 g/mol. The molecule has 0 unspecified atom stereocenters. The highest BCUT2D eigenvalue weighted by atomic mass is 79.9. The molecule has 3 amide bonds. The second-order valence-electron chi connectivity index (χ2n) is 11.9. The van der Waals surface area contributed by atoms with E-state index in [1.165, 1.54) is 11.6 Å². The third-order valence-corrected chi connectivity index (χ3v) is 9.24. The Hall–Kier alpha value is -3.90. The van der Waals surface area contributed by atoms with Gasteiger partial charge >= 0.3 is 0 Å². The molecule has 3 aliphatic rings. The van der Waals surface area contributed by atoms with Gasteiger partial charge in [-0.2, -0.15) is 5.10 Å². The zero-order chi connectivity index (χ0) is 31.0. The zero-order valence-electron chi connectivity index (χ0n) is 24.8. The number of nitrogens with one attached hydrogen (secondary N) is 2. The lowest BCUT2D eigenvalue weighted by atomic mass is 10.00. The topological polar surface area (TPSA) is 136 Å². The highest BCUT2D eigenvalue weighted by Crippen LogP contribution is 2.60. The number of piperidine rings is 1. The number of rotatable bonds is 3. The van der Waals surface area contributed by atoms with Crippen molar-refractivity contribution in [2.24, 2.45) is 5.41 Å². The van der Waals surface area contributed by atoms with Crippen molar-refractivity contribution in [3.05, 3.63) is 63.9 Å². The number of ketones is 1. The number of Topliss-reactive ketones (excluding diaryl/α,β-unsaturated/α-hetero) is 1. The molecule has 12 heteroatoms. The molecule has 1 saturated heterocycles. The maximum atomic E-state index is 14.1. The molecule has 0 radical (unpaired) electrons. The van der Waals surface area contributed by atoms with Gasteiger partial charge in [0.05, 0.1) is 18.7 Å². The number of allylic oxidation sites excluding steroid dienone is 1. The Morgan fingerprint density at radius 3 is 2.80 bits per heavy atom. The lowest BCUT2D eigenvalue weighted by Crippen LogP contribution is -2.47. The Morgan fingerprint density at radius 1 is 1.14 bits per heavy atom. The maximum absolute atomic E-state index is 14.1. The van der Waals surface area contributed by atoms with E-state index >= 15 is 0 Å². The summed E-state index contributed by atoms with van der Waals surface area (Å²) in [7, 11) is 0. The fourth-order valence-electron chi connectivity index (χ4n) is 6.36. The molecule has 2 fully saturated rings. The van der Waals surface area contributed by atoms with Crippen LogP contribution in [0.15, 0.2) is 47.1 Å². The van der Waals surface area contributed by atoms with Gasteiger partial charge in [0.2, 0.25) is 11.8 Å². The molecule has 2 aliphatic heterocycles. The predicted octanol–water partition coefficient (Wildman–Crippen LogP) is 4.19. The van der Waals surface area contributed by atoms with Gasteiger partial charge in [0, 0.05) is 35.9 Å². The van der Waals surface area contributed by atoms with Crippen molar-refractivity contribution in [1.82, 2.24) is 25.0 Å². The summed E-state index contributed by atoms with van der Waals surface area (Å²) in [5.74, 6) is -0.654. The molecular formula is C32H35BrN6O5. The highest BCUT2D eigenvalue weighted by Gasteiger charge is 2.67. The summed E-state index contributed by atoms with van der Waals surface area (Å²) in [6.45, 7) is 4.52. The molecule has 4 bridgehead atoms. The summed E-state index contributed by atoms with van der Waals surface area (Å²) >= 11 is 3.36. The van der Waals surface area contributed by atoms with Crippen LogP contribution in [0.1, 0.15) is 65.4 Å². The molecule has 2 N–H and O–H groups in total. The first-order valence-corrected chi connectivity index (χ1v) is 15.7. The Kier molecular flexibility index (Phi) is 8.38. The van der Waals surface area contributed by atoms with E-state index in [-0.39, 0.29) is 47.2 Å². The van der Waals surface area contributed by atoms with Crippen LogP contribution in [0.2, 0.25) is 0 Å². The molecule has 230 valence electrons. The lowest BCUT2D eigenvalue weighted by molar-refractivity contribution is -0.138. The second kappa shape index (κ2) is 12.2. The number of hydrogen-bond acceptors (Lipinski definition) is 7. The Labute approximate surface area is 263 Å². The number of carbonyl (C=O) groups is 4. The van der Waals surface area contributed by atoms with Crippen molar-refractivity contribution >= 4 is 56.2 Å². The first kappa shape index (κ1) is 30.1. The molecule has 1 aromatic carbocycles. The summed E-state index contributed by atoms with van der Waals surface area (Å²) in [6, 6.07) is 7.81. The number of ether oxygens (including phenoxy) is 1. The number of hydrogen-bond donors (Lipinski definition) is 2. The van der Waals surface area contributed by atoms with Crippen molar-refractivity contribution in [3.8, 4) is 0 Å². The molecule has 6 rings (SSSR count). The SMILES string of the molecule is CC(=O)c1nn2c3cc(ccc13)C(=O)NCCCC/C=C/COC[C@@]13C[C@@H](C(=O)Nc4nc(Br)ccc4C)N(C(=O)C2)[C@@H]1C3. The van der Waals surface area contributed by atoms with Gasteiger partial charge in [0.15, 0.2) is 5.78 Å². The van der Waals surface area contributed by atoms with Gasteiger partial charge in [-0.3, -0.25) is 23.9 Å². The number of aryl methyl sites for hydroxylation is 1. The summed E-state index contributed by atoms with van der Waals surface area (Å²) in [5, 5.41) is 11.0. The summed E-state index contributed by atoms with van der Waals surface area (Å²) in [4.78, 5) is 59.3. The molecule has 3 aromatic rings. The zero-order valence-corrected chi connectivity index (χ0v) is 26.4. The fourth-order valence-corrected chi connectivity index (χ4v) is 6.67. The summed E-state index contributed by atoms with van der Waals surface area (Å²) in [5.41, 5.74) is 1.65. The number of amides is 3. The smallest absolute Gasteiger partial charge is 0.251 e. The minimum Gasteiger partial charge on any atom is -0.377 e. The van der Waals surface area contributed by atoms with Crippen LogP contribution in [0.4, 0.5) is 5.82 Å². The first-order chi connectivity index (χ1) is 21.2. The molecule has 11 nitrogen and oxygen atoms in total. The van der Waals surface area contributed by atoms with Crippen LogP contribution < -0.4 is 10.6 Å². The van der Waals surface area contributed by atoms with Gasteiger partial charge in [0.25, 0.3) is 5.91 Å². The van der Waals surface area contributed by atoms with Gasteiger partial charge in [-0.1, -0.05) is 18.2 Å². The molecule has 44 heavy (non-hydrogen) atoms.